The van der Waals surface area contributed by atoms with Crippen LogP contribution in [0.25, 0.3) is 11.2 Å². The molecule has 31 heavy (non-hydrogen) atoms. The summed E-state index contributed by atoms with van der Waals surface area (Å²) in [4.78, 5) is 21.0. The summed E-state index contributed by atoms with van der Waals surface area (Å²) in [5, 5.41) is 5.65. The summed E-state index contributed by atoms with van der Waals surface area (Å²) in [6.45, 7) is 3.31. The smallest absolute Gasteiger partial charge is 0.359 e. The van der Waals surface area contributed by atoms with Gasteiger partial charge in [-0.05, 0) is 25.8 Å². The van der Waals surface area contributed by atoms with Gasteiger partial charge in [0.15, 0.2) is 22.9 Å². The number of fused-ring (bicyclic) bond motifs is 1. The van der Waals surface area contributed by atoms with E-state index in [1.807, 2.05) is 0 Å². The second-order valence-corrected chi connectivity index (χ2v) is 7.80. The molecule has 0 atom stereocenters. The zero-order chi connectivity index (χ0) is 22.6. The minimum absolute atomic E-state index is 0.00191. The Hall–Kier alpha value is -3.05. The van der Waals surface area contributed by atoms with E-state index in [-0.39, 0.29) is 43.3 Å². The van der Waals surface area contributed by atoms with Crippen molar-refractivity contribution in [3.05, 3.63) is 35.0 Å². The van der Waals surface area contributed by atoms with E-state index in [0.717, 1.165) is 6.07 Å². The number of nitrogens with zero attached hydrogens (tertiary/aromatic N) is 4. The highest BCUT2D eigenvalue weighted by Gasteiger charge is 2.45. The maximum absolute atomic E-state index is 12.9. The Morgan fingerprint density at radius 1 is 1.26 bits per heavy atom. The molecule has 0 unspecified atom stereocenters. The van der Waals surface area contributed by atoms with Gasteiger partial charge in [-0.15, -0.1) is 0 Å². The average Bonchev–Trinajstić information content (AvgIpc) is 3.20. The number of carbonyl (C=O) groups is 1. The van der Waals surface area contributed by atoms with Crippen molar-refractivity contribution in [2.75, 3.05) is 5.32 Å². The Bertz CT molecular complexity index is 1140. The number of carbonyl (C=O) groups excluding carboxylic acids is 1. The number of aromatic nitrogens is 4. The first-order valence-corrected chi connectivity index (χ1v) is 9.46. The first kappa shape index (κ1) is 21.2. The summed E-state index contributed by atoms with van der Waals surface area (Å²) in [7, 11) is 0. The Morgan fingerprint density at radius 3 is 2.58 bits per heavy atom. The van der Waals surface area contributed by atoms with Gasteiger partial charge in [0.1, 0.15) is 5.52 Å². The van der Waals surface area contributed by atoms with Crippen molar-refractivity contribution >= 4 is 22.9 Å². The van der Waals surface area contributed by atoms with Gasteiger partial charge in [-0.3, -0.25) is 4.79 Å². The van der Waals surface area contributed by atoms with Gasteiger partial charge in [-0.2, -0.15) is 13.2 Å². The van der Waals surface area contributed by atoms with E-state index in [2.05, 4.69) is 20.4 Å². The highest BCUT2D eigenvalue weighted by Crippen LogP contribution is 2.44. The van der Waals surface area contributed by atoms with Crippen molar-refractivity contribution in [3.63, 3.8) is 0 Å². The van der Waals surface area contributed by atoms with Gasteiger partial charge >= 0.3 is 6.18 Å². The van der Waals surface area contributed by atoms with Crippen molar-refractivity contribution in [2.24, 2.45) is 5.92 Å². The minimum atomic E-state index is -4.60. The number of halogens is 5. The first-order chi connectivity index (χ1) is 14.4. The summed E-state index contributed by atoms with van der Waals surface area (Å²) < 4.78 is 70.5. The zero-order valence-corrected chi connectivity index (χ0v) is 16.6. The molecule has 4 rings (SSSR count). The molecule has 0 bridgehead atoms. The molecule has 1 N–H and O–H groups in total. The van der Waals surface area contributed by atoms with Crippen LogP contribution < -0.4 is 5.32 Å². The van der Waals surface area contributed by atoms with E-state index >= 15 is 0 Å². The number of rotatable bonds is 5. The summed E-state index contributed by atoms with van der Waals surface area (Å²) >= 11 is 0. The standard InChI is InChI=1S/C19H18F5N5O2/c1-9-3-13-17(29(9)8-12-5-14(28-31-12)19(22,23)24)25-10(2)16(26-13)27-15(30)4-11-6-18(20,21)7-11/h3,5,11H,4,6-8H2,1-2H3,(H,26,27,30). The van der Waals surface area contributed by atoms with Crippen molar-refractivity contribution in [3.8, 4) is 0 Å². The predicted octanol–water partition coefficient (Wildman–Crippen LogP) is 4.48. The average molecular weight is 443 g/mol. The molecule has 1 saturated carbocycles. The van der Waals surface area contributed by atoms with Crippen LogP contribution in [-0.2, 0) is 17.5 Å². The second-order valence-electron chi connectivity index (χ2n) is 7.80. The number of anilines is 1. The number of hydrogen-bond donors (Lipinski definition) is 1. The largest absolute Gasteiger partial charge is 0.436 e. The van der Waals surface area contributed by atoms with Crippen LogP contribution in [0.3, 0.4) is 0 Å². The van der Waals surface area contributed by atoms with Crippen LogP contribution in [0.2, 0.25) is 0 Å². The van der Waals surface area contributed by atoms with Gasteiger partial charge in [-0.25, -0.2) is 18.7 Å². The van der Waals surface area contributed by atoms with Gasteiger partial charge in [0.05, 0.1) is 12.2 Å². The number of hydrogen-bond acceptors (Lipinski definition) is 5. The van der Waals surface area contributed by atoms with Gasteiger partial charge < -0.3 is 14.4 Å². The molecule has 0 spiro atoms. The molecular formula is C19H18F5N5O2. The van der Waals surface area contributed by atoms with E-state index in [0.29, 0.717) is 22.6 Å². The Morgan fingerprint density at radius 2 is 1.97 bits per heavy atom. The molecule has 7 nitrogen and oxygen atoms in total. The molecule has 0 aliphatic heterocycles. The molecule has 3 aromatic heterocycles. The number of aryl methyl sites for hydroxylation is 2. The molecule has 0 aromatic carbocycles. The molecule has 1 fully saturated rings. The molecule has 12 heteroatoms. The fourth-order valence-electron chi connectivity index (χ4n) is 3.63. The SMILES string of the molecule is Cc1nc2c(cc(C)n2Cc2cc(C(F)(F)F)no2)nc1NC(=O)CC1CC(F)(F)C1. The highest BCUT2D eigenvalue weighted by molar-refractivity contribution is 5.91. The minimum Gasteiger partial charge on any atom is -0.359 e. The molecule has 1 aliphatic carbocycles. The third-order valence-corrected chi connectivity index (χ3v) is 5.17. The van der Waals surface area contributed by atoms with Crippen LogP contribution in [0.15, 0.2) is 16.7 Å². The summed E-state index contributed by atoms with van der Waals surface area (Å²) in [5.74, 6) is -3.26. The lowest BCUT2D eigenvalue weighted by Gasteiger charge is -2.34. The monoisotopic (exact) mass is 443 g/mol. The van der Waals surface area contributed by atoms with Crippen molar-refractivity contribution in [1.29, 1.82) is 0 Å². The lowest BCUT2D eigenvalue weighted by atomic mass is 9.79. The fraction of sp³-hybridized carbons (Fsp3) is 0.474. The summed E-state index contributed by atoms with van der Waals surface area (Å²) in [6, 6.07) is 2.50. The first-order valence-electron chi connectivity index (χ1n) is 9.46. The molecule has 3 heterocycles. The number of amides is 1. The molecule has 0 radical (unpaired) electrons. The Kier molecular flexibility index (Phi) is 4.97. The van der Waals surface area contributed by atoms with Crippen LogP contribution in [0.1, 0.15) is 42.1 Å². The van der Waals surface area contributed by atoms with Crippen LogP contribution in [0, 0.1) is 19.8 Å². The lowest BCUT2D eigenvalue weighted by molar-refractivity contribution is -0.142. The quantitative estimate of drug-likeness (QED) is 0.588. The molecule has 1 amide bonds. The summed E-state index contributed by atoms with van der Waals surface area (Å²) in [6.07, 6.45) is -5.23. The maximum atomic E-state index is 12.9. The Labute approximate surface area is 172 Å². The third kappa shape index (κ3) is 4.37. The van der Waals surface area contributed by atoms with Crippen molar-refractivity contribution in [1.82, 2.24) is 19.7 Å². The van der Waals surface area contributed by atoms with E-state index in [4.69, 9.17) is 4.52 Å². The zero-order valence-electron chi connectivity index (χ0n) is 16.6. The maximum Gasteiger partial charge on any atom is 0.436 e. The van der Waals surface area contributed by atoms with E-state index in [9.17, 15) is 26.7 Å². The predicted molar refractivity (Wildman–Crippen MR) is 98.5 cm³/mol. The fourth-order valence-corrected chi connectivity index (χ4v) is 3.63. The normalized spacial score (nSPS) is 16.5. The lowest BCUT2D eigenvalue weighted by Crippen LogP contribution is -2.37. The van der Waals surface area contributed by atoms with Crippen molar-refractivity contribution < 1.29 is 31.3 Å². The van der Waals surface area contributed by atoms with Crippen LogP contribution in [0.4, 0.5) is 27.8 Å². The number of nitrogens with one attached hydrogen (secondary N) is 1. The van der Waals surface area contributed by atoms with Crippen LogP contribution in [-0.4, -0.2) is 31.5 Å². The highest BCUT2D eigenvalue weighted by atomic mass is 19.4. The van der Waals surface area contributed by atoms with E-state index < -0.39 is 23.7 Å². The van der Waals surface area contributed by atoms with Gasteiger partial charge in [0, 0.05) is 31.0 Å². The molecular weight excluding hydrogens is 425 g/mol. The molecule has 1 aliphatic rings. The topological polar surface area (TPSA) is 85.8 Å². The molecule has 166 valence electrons. The second kappa shape index (κ2) is 7.27. The number of alkyl halides is 5. The Balaban J connectivity index is 1.52. The van der Waals surface area contributed by atoms with Crippen molar-refractivity contribution in [2.45, 2.75) is 51.8 Å². The van der Waals surface area contributed by atoms with Crippen LogP contribution >= 0.6 is 0 Å². The van der Waals surface area contributed by atoms with Gasteiger partial charge in [0.25, 0.3) is 0 Å². The summed E-state index contributed by atoms with van der Waals surface area (Å²) in [5.41, 5.74) is 0.751. The molecule has 0 saturated heterocycles. The van der Waals surface area contributed by atoms with Gasteiger partial charge in [-0.1, -0.05) is 5.16 Å². The van der Waals surface area contributed by atoms with Gasteiger partial charge in [0.2, 0.25) is 11.8 Å². The van der Waals surface area contributed by atoms with E-state index in [1.54, 1.807) is 24.5 Å². The third-order valence-electron chi connectivity index (χ3n) is 5.17. The van der Waals surface area contributed by atoms with Crippen LogP contribution in [0.5, 0.6) is 0 Å². The molecule has 3 aromatic rings. The van der Waals surface area contributed by atoms with E-state index in [1.165, 1.54) is 0 Å².